The van der Waals surface area contributed by atoms with Crippen molar-refractivity contribution in [1.29, 1.82) is 0 Å². The van der Waals surface area contributed by atoms with E-state index in [2.05, 4.69) is 42.5 Å². The minimum atomic E-state index is 0.191. The van der Waals surface area contributed by atoms with Gasteiger partial charge in [-0.15, -0.1) is 0 Å². The summed E-state index contributed by atoms with van der Waals surface area (Å²) in [6.45, 7) is 0.937. The second-order valence-electron chi connectivity index (χ2n) is 5.13. The fourth-order valence-corrected chi connectivity index (χ4v) is 3.83. The van der Waals surface area contributed by atoms with Crippen LogP contribution in [0.5, 0.6) is 5.75 Å². The zero-order valence-electron chi connectivity index (χ0n) is 11.1. The maximum absolute atomic E-state index is 9.67. The average Bonchev–Trinajstić information content (AvgIpc) is 2.43. The molecule has 0 aromatic heterocycles. The molecule has 1 saturated carbocycles. The quantitative estimate of drug-likeness (QED) is 0.485. The van der Waals surface area contributed by atoms with Gasteiger partial charge in [-0.2, -0.15) is 0 Å². The molecule has 1 aromatic carbocycles. The molecule has 3 nitrogen and oxygen atoms in total. The molecule has 1 aliphatic rings. The van der Waals surface area contributed by atoms with Crippen LogP contribution in [0.25, 0.3) is 0 Å². The summed E-state index contributed by atoms with van der Waals surface area (Å²) in [5.74, 6) is 0.929. The molecule has 0 unspecified atom stereocenters. The number of halogens is 2. The first-order valence-corrected chi connectivity index (χ1v) is 8.78. The van der Waals surface area contributed by atoms with Crippen molar-refractivity contribution in [1.82, 2.24) is 5.32 Å². The molecule has 1 aliphatic carbocycles. The fraction of sp³-hybridized carbons (Fsp3) is 0.500. The molecular formula is C14H18Br2N2OS. The van der Waals surface area contributed by atoms with Crippen molar-refractivity contribution in [2.75, 3.05) is 11.9 Å². The Morgan fingerprint density at radius 3 is 2.40 bits per heavy atom. The maximum atomic E-state index is 9.67. The molecule has 0 radical (unpaired) electrons. The second kappa shape index (κ2) is 7.61. The molecule has 1 fully saturated rings. The van der Waals surface area contributed by atoms with Gasteiger partial charge in [0.15, 0.2) is 5.11 Å². The largest absolute Gasteiger partial charge is 0.506 e. The Balaban J connectivity index is 1.84. The van der Waals surface area contributed by atoms with Crippen LogP contribution in [0.2, 0.25) is 0 Å². The molecule has 6 heteroatoms. The van der Waals surface area contributed by atoms with Crippen LogP contribution in [0, 0.1) is 5.92 Å². The monoisotopic (exact) mass is 420 g/mol. The van der Waals surface area contributed by atoms with Gasteiger partial charge in [-0.1, -0.05) is 19.3 Å². The predicted molar refractivity (Wildman–Crippen MR) is 94.3 cm³/mol. The molecule has 2 rings (SSSR count). The highest BCUT2D eigenvalue weighted by atomic mass is 79.9. The summed E-state index contributed by atoms with van der Waals surface area (Å²) in [6, 6.07) is 3.60. The van der Waals surface area contributed by atoms with Crippen LogP contribution >= 0.6 is 44.1 Å². The number of phenolic OH excluding ortho intramolecular Hbond substituents is 1. The van der Waals surface area contributed by atoms with Gasteiger partial charge >= 0.3 is 0 Å². The van der Waals surface area contributed by atoms with Crippen LogP contribution in [-0.2, 0) is 0 Å². The lowest BCUT2D eigenvalue weighted by atomic mass is 9.89. The van der Waals surface area contributed by atoms with E-state index in [4.69, 9.17) is 12.2 Å². The number of hydrogen-bond donors (Lipinski definition) is 3. The molecule has 0 bridgehead atoms. The van der Waals surface area contributed by atoms with E-state index in [1.54, 1.807) is 12.1 Å². The molecule has 0 amide bonds. The molecule has 20 heavy (non-hydrogen) atoms. The molecule has 3 N–H and O–H groups in total. The highest BCUT2D eigenvalue weighted by Crippen LogP contribution is 2.35. The van der Waals surface area contributed by atoms with E-state index >= 15 is 0 Å². The number of anilines is 1. The highest BCUT2D eigenvalue weighted by molar-refractivity contribution is 9.11. The summed E-state index contributed by atoms with van der Waals surface area (Å²) in [7, 11) is 0. The lowest BCUT2D eigenvalue weighted by Gasteiger charge is -2.22. The van der Waals surface area contributed by atoms with Gasteiger partial charge in [-0.3, -0.25) is 0 Å². The lowest BCUT2D eigenvalue weighted by molar-refractivity contribution is 0.357. The van der Waals surface area contributed by atoms with Crippen LogP contribution in [0.15, 0.2) is 21.1 Å². The maximum Gasteiger partial charge on any atom is 0.170 e. The third-order valence-electron chi connectivity index (χ3n) is 3.55. The number of benzene rings is 1. The highest BCUT2D eigenvalue weighted by Gasteiger charge is 2.13. The Morgan fingerprint density at radius 2 is 1.80 bits per heavy atom. The molecule has 1 aromatic rings. The standard InChI is InChI=1S/C14H18Br2N2OS/c15-11-6-10(7-12(16)13(11)19)18-14(20)17-8-9-4-2-1-3-5-9/h6-7,9,19H,1-5,8H2,(H2,17,18,20). The number of aromatic hydroxyl groups is 1. The van der Waals surface area contributed by atoms with Crippen molar-refractivity contribution >= 4 is 54.9 Å². The summed E-state index contributed by atoms with van der Waals surface area (Å²) >= 11 is 11.9. The Morgan fingerprint density at radius 1 is 1.20 bits per heavy atom. The fourth-order valence-electron chi connectivity index (χ4n) is 2.44. The van der Waals surface area contributed by atoms with Crippen molar-refractivity contribution in [2.24, 2.45) is 5.92 Å². The zero-order valence-corrected chi connectivity index (χ0v) is 15.1. The number of phenols is 1. The van der Waals surface area contributed by atoms with Crippen molar-refractivity contribution in [3.63, 3.8) is 0 Å². The van der Waals surface area contributed by atoms with Crippen LogP contribution < -0.4 is 10.6 Å². The molecule has 0 heterocycles. The third-order valence-corrected chi connectivity index (χ3v) is 5.01. The summed E-state index contributed by atoms with van der Waals surface area (Å²) in [5, 5.41) is 16.7. The van der Waals surface area contributed by atoms with Gasteiger partial charge in [0.2, 0.25) is 0 Å². The van der Waals surface area contributed by atoms with Crippen LogP contribution in [0.1, 0.15) is 32.1 Å². The van der Waals surface area contributed by atoms with Crippen LogP contribution in [0.4, 0.5) is 5.69 Å². The topological polar surface area (TPSA) is 44.3 Å². The molecule has 0 aliphatic heterocycles. The first-order valence-electron chi connectivity index (χ1n) is 6.79. The normalized spacial score (nSPS) is 15.9. The first kappa shape index (κ1) is 16.0. The van der Waals surface area contributed by atoms with Gasteiger partial charge in [-0.05, 0) is 75.0 Å². The van der Waals surface area contributed by atoms with Gasteiger partial charge in [0.25, 0.3) is 0 Å². The van der Waals surface area contributed by atoms with E-state index in [1.165, 1.54) is 32.1 Å². The summed E-state index contributed by atoms with van der Waals surface area (Å²) in [5.41, 5.74) is 0.836. The zero-order chi connectivity index (χ0) is 14.5. The van der Waals surface area contributed by atoms with Crippen molar-refractivity contribution in [3.8, 4) is 5.75 Å². The Labute approximate surface area is 141 Å². The Hall–Kier alpha value is -0.330. The summed E-state index contributed by atoms with van der Waals surface area (Å²) in [6.07, 6.45) is 6.64. The minimum absolute atomic E-state index is 0.191. The second-order valence-corrected chi connectivity index (χ2v) is 7.24. The molecule has 110 valence electrons. The van der Waals surface area contributed by atoms with Crippen LogP contribution in [-0.4, -0.2) is 16.8 Å². The van der Waals surface area contributed by atoms with E-state index in [-0.39, 0.29) is 5.75 Å². The van der Waals surface area contributed by atoms with Crippen LogP contribution in [0.3, 0.4) is 0 Å². The third kappa shape index (κ3) is 4.60. The minimum Gasteiger partial charge on any atom is -0.506 e. The van der Waals surface area contributed by atoms with Crippen molar-refractivity contribution in [3.05, 3.63) is 21.1 Å². The van der Waals surface area contributed by atoms with E-state index < -0.39 is 0 Å². The molecule has 0 atom stereocenters. The summed E-state index contributed by atoms with van der Waals surface area (Å²) < 4.78 is 1.26. The Bertz CT molecular complexity index is 467. The summed E-state index contributed by atoms with van der Waals surface area (Å²) in [4.78, 5) is 0. The van der Waals surface area contributed by atoms with E-state index in [0.29, 0.717) is 14.1 Å². The number of nitrogens with one attached hydrogen (secondary N) is 2. The average molecular weight is 422 g/mol. The first-order chi connectivity index (χ1) is 9.56. The van der Waals surface area contributed by atoms with E-state index in [9.17, 15) is 5.11 Å². The van der Waals surface area contributed by atoms with Gasteiger partial charge < -0.3 is 15.7 Å². The van der Waals surface area contributed by atoms with Gasteiger partial charge in [0, 0.05) is 12.2 Å². The molecular weight excluding hydrogens is 404 g/mol. The van der Waals surface area contributed by atoms with E-state index in [1.807, 2.05) is 0 Å². The van der Waals surface area contributed by atoms with Gasteiger partial charge in [0.1, 0.15) is 5.75 Å². The number of hydrogen-bond acceptors (Lipinski definition) is 2. The van der Waals surface area contributed by atoms with Gasteiger partial charge in [0.05, 0.1) is 8.95 Å². The lowest BCUT2D eigenvalue weighted by Crippen LogP contribution is -2.33. The smallest absolute Gasteiger partial charge is 0.170 e. The Kier molecular flexibility index (Phi) is 6.11. The van der Waals surface area contributed by atoms with E-state index in [0.717, 1.165) is 18.2 Å². The number of rotatable bonds is 3. The van der Waals surface area contributed by atoms with Gasteiger partial charge in [-0.25, -0.2) is 0 Å². The molecule has 0 saturated heterocycles. The van der Waals surface area contributed by atoms with Crippen molar-refractivity contribution < 1.29 is 5.11 Å². The molecule has 0 spiro atoms. The number of thiocarbonyl (C=S) groups is 1. The van der Waals surface area contributed by atoms with Crippen molar-refractivity contribution in [2.45, 2.75) is 32.1 Å². The predicted octanol–water partition coefficient (Wildman–Crippen LogP) is 4.78. The SMILES string of the molecule is Oc1c(Br)cc(NC(=S)NCC2CCCCC2)cc1Br.